The highest BCUT2D eigenvalue weighted by Crippen LogP contribution is 2.41. The Balaban J connectivity index is 2.22. The van der Waals surface area contributed by atoms with Crippen LogP contribution in [0.5, 0.6) is 5.75 Å². The second-order valence-electron chi connectivity index (χ2n) is 4.68. The Bertz CT molecular complexity index is 431. The molecular formula is C13H17NO3. The van der Waals surface area contributed by atoms with Crippen molar-refractivity contribution in [2.75, 3.05) is 5.73 Å². The molecule has 1 saturated carbocycles. The highest BCUT2D eigenvalue weighted by molar-refractivity contribution is 5.70. The molecule has 17 heavy (non-hydrogen) atoms. The molecule has 1 fully saturated rings. The van der Waals surface area contributed by atoms with E-state index in [4.69, 9.17) is 10.8 Å². The van der Waals surface area contributed by atoms with E-state index >= 15 is 0 Å². The van der Waals surface area contributed by atoms with Gasteiger partial charge in [-0.1, -0.05) is 18.6 Å². The number of rotatable bonds is 2. The van der Waals surface area contributed by atoms with Crippen molar-refractivity contribution in [2.45, 2.75) is 31.6 Å². The lowest BCUT2D eigenvalue weighted by Crippen LogP contribution is -2.21. The molecule has 2 atom stereocenters. The summed E-state index contributed by atoms with van der Waals surface area (Å²) in [4.78, 5) is 11.0. The van der Waals surface area contributed by atoms with Crippen LogP contribution in [0.1, 0.15) is 37.2 Å². The highest BCUT2D eigenvalue weighted by Gasteiger charge is 2.29. The summed E-state index contributed by atoms with van der Waals surface area (Å²) in [5.74, 6) is -0.815. The van der Waals surface area contributed by atoms with Gasteiger partial charge in [-0.05, 0) is 36.8 Å². The Hall–Kier alpha value is -1.71. The van der Waals surface area contributed by atoms with E-state index in [1.54, 1.807) is 12.1 Å². The topological polar surface area (TPSA) is 83.6 Å². The van der Waals surface area contributed by atoms with E-state index in [9.17, 15) is 9.90 Å². The maximum atomic E-state index is 11.0. The molecule has 0 aliphatic heterocycles. The minimum Gasteiger partial charge on any atom is -0.505 e. The number of phenolic OH excluding ortho intramolecular Hbond substituents is 1. The average molecular weight is 235 g/mol. The fourth-order valence-electron chi connectivity index (χ4n) is 2.61. The van der Waals surface area contributed by atoms with E-state index in [1.165, 1.54) is 0 Å². The first-order valence-corrected chi connectivity index (χ1v) is 5.89. The summed E-state index contributed by atoms with van der Waals surface area (Å²) >= 11 is 0. The van der Waals surface area contributed by atoms with Gasteiger partial charge in [0.25, 0.3) is 0 Å². The predicted molar refractivity (Wildman–Crippen MR) is 64.9 cm³/mol. The van der Waals surface area contributed by atoms with Gasteiger partial charge < -0.3 is 15.9 Å². The largest absolute Gasteiger partial charge is 0.505 e. The number of hydrogen-bond acceptors (Lipinski definition) is 3. The summed E-state index contributed by atoms with van der Waals surface area (Å²) in [6.45, 7) is 0. The van der Waals surface area contributed by atoms with E-state index < -0.39 is 5.97 Å². The van der Waals surface area contributed by atoms with Crippen LogP contribution in [-0.2, 0) is 4.79 Å². The van der Waals surface area contributed by atoms with Crippen molar-refractivity contribution in [3.05, 3.63) is 23.8 Å². The summed E-state index contributed by atoms with van der Waals surface area (Å²) in [5, 5.41) is 18.9. The molecule has 4 N–H and O–H groups in total. The van der Waals surface area contributed by atoms with Crippen molar-refractivity contribution in [1.82, 2.24) is 0 Å². The first kappa shape index (κ1) is 11.8. The second-order valence-corrected chi connectivity index (χ2v) is 4.68. The van der Waals surface area contributed by atoms with E-state index in [2.05, 4.69) is 0 Å². The van der Waals surface area contributed by atoms with Crippen LogP contribution in [0.25, 0.3) is 0 Å². The van der Waals surface area contributed by atoms with Crippen LogP contribution in [0.2, 0.25) is 0 Å². The number of anilines is 1. The SMILES string of the molecule is Nc1cccc(C2CCCC(C(=O)O)C2)c1O. The lowest BCUT2D eigenvalue weighted by Gasteiger charge is -2.27. The van der Waals surface area contributed by atoms with Gasteiger partial charge in [0.15, 0.2) is 0 Å². The normalized spacial score (nSPS) is 24.5. The Kier molecular flexibility index (Phi) is 3.22. The molecule has 1 aromatic carbocycles. The first-order chi connectivity index (χ1) is 8.09. The van der Waals surface area contributed by atoms with Crippen molar-refractivity contribution in [2.24, 2.45) is 5.92 Å². The second kappa shape index (κ2) is 4.65. The number of carboxylic acid groups (broad SMARTS) is 1. The average Bonchev–Trinajstić information content (AvgIpc) is 2.33. The Morgan fingerprint density at radius 1 is 1.35 bits per heavy atom. The molecule has 0 heterocycles. The zero-order valence-electron chi connectivity index (χ0n) is 9.60. The molecule has 1 aromatic rings. The zero-order valence-corrected chi connectivity index (χ0v) is 9.60. The molecule has 2 unspecified atom stereocenters. The van der Waals surface area contributed by atoms with Gasteiger partial charge in [-0.25, -0.2) is 0 Å². The van der Waals surface area contributed by atoms with Crippen molar-refractivity contribution >= 4 is 11.7 Å². The summed E-state index contributed by atoms with van der Waals surface area (Å²) < 4.78 is 0. The van der Waals surface area contributed by atoms with Gasteiger partial charge in [0.1, 0.15) is 5.75 Å². The van der Waals surface area contributed by atoms with Gasteiger partial charge in [0.05, 0.1) is 11.6 Å². The number of nitrogens with two attached hydrogens (primary N) is 1. The third kappa shape index (κ3) is 2.35. The van der Waals surface area contributed by atoms with E-state index in [0.29, 0.717) is 12.1 Å². The summed E-state index contributed by atoms with van der Waals surface area (Å²) in [5.41, 5.74) is 6.80. The molecule has 0 aromatic heterocycles. The van der Waals surface area contributed by atoms with Crippen LogP contribution in [0.15, 0.2) is 18.2 Å². The van der Waals surface area contributed by atoms with Crippen LogP contribution in [0.3, 0.4) is 0 Å². The number of aromatic hydroxyl groups is 1. The molecule has 0 bridgehead atoms. The van der Waals surface area contributed by atoms with Gasteiger partial charge >= 0.3 is 5.97 Å². The molecule has 92 valence electrons. The number of para-hydroxylation sites is 1. The number of hydrogen-bond donors (Lipinski definition) is 3. The minimum atomic E-state index is -0.738. The smallest absolute Gasteiger partial charge is 0.306 e. The number of carboxylic acids is 1. The molecule has 4 nitrogen and oxygen atoms in total. The maximum absolute atomic E-state index is 11.0. The molecule has 0 saturated heterocycles. The molecule has 0 amide bonds. The predicted octanol–water partition coefficient (Wildman–Crippen LogP) is 2.33. The van der Waals surface area contributed by atoms with Gasteiger partial charge in [-0.15, -0.1) is 0 Å². The Morgan fingerprint density at radius 2 is 2.12 bits per heavy atom. The Morgan fingerprint density at radius 3 is 2.82 bits per heavy atom. The highest BCUT2D eigenvalue weighted by atomic mass is 16.4. The van der Waals surface area contributed by atoms with Gasteiger partial charge in [-0.3, -0.25) is 4.79 Å². The fourth-order valence-corrected chi connectivity index (χ4v) is 2.61. The van der Waals surface area contributed by atoms with Gasteiger partial charge in [0.2, 0.25) is 0 Å². The maximum Gasteiger partial charge on any atom is 0.306 e. The lowest BCUT2D eigenvalue weighted by molar-refractivity contribution is -0.143. The van der Waals surface area contributed by atoms with Crippen LogP contribution in [0.4, 0.5) is 5.69 Å². The third-order valence-electron chi connectivity index (χ3n) is 3.56. The van der Waals surface area contributed by atoms with Crippen molar-refractivity contribution < 1.29 is 15.0 Å². The molecule has 1 aliphatic carbocycles. The molecule has 4 heteroatoms. The quantitative estimate of drug-likeness (QED) is 0.542. The lowest BCUT2D eigenvalue weighted by atomic mass is 9.77. The van der Waals surface area contributed by atoms with E-state index in [1.807, 2.05) is 6.07 Å². The number of phenols is 1. The summed E-state index contributed by atoms with van der Waals surface area (Å²) in [7, 11) is 0. The molecular weight excluding hydrogens is 218 g/mol. The van der Waals surface area contributed by atoms with Crippen molar-refractivity contribution in [3.8, 4) is 5.75 Å². The number of aliphatic carboxylic acids is 1. The van der Waals surface area contributed by atoms with Crippen LogP contribution in [0, 0.1) is 5.92 Å². The summed E-state index contributed by atoms with van der Waals surface area (Å²) in [6, 6.07) is 5.28. The van der Waals surface area contributed by atoms with Crippen molar-refractivity contribution in [1.29, 1.82) is 0 Å². The molecule has 1 aliphatic rings. The third-order valence-corrected chi connectivity index (χ3v) is 3.56. The molecule has 0 radical (unpaired) electrons. The first-order valence-electron chi connectivity index (χ1n) is 5.89. The van der Waals surface area contributed by atoms with E-state index in [-0.39, 0.29) is 17.6 Å². The molecule has 2 rings (SSSR count). The van der Waals surface area contributed by atoms with E-state index in [0.717, 1.165) is 24.8 Å². The number of benzene rings is 1. The number of carbonyl (C=O) groups is 1. The summed E-state index contributed by atoms with van der Waals surface area (Å²) in [6.07, 6.45) is 3.12. The monoisotopic (exact) mass is 235 g/mol. The standard InChI is InChI=1S/C13H17NO3/c14-11-6-2-5-10(12(11)15)8-3-1-4-9(7-8)13(16)17/h2,5-6,8-9,15H,1,3-4,7,14H2,(H,16,17). The fraction of sp³-hybridized carbons (Fsp3) is 0.462. The Labute approximate surface area is 100 Å². The number of nitrogen functional groups attached to an aromatic ring is 1. The minimum absolute atomic E-state index is 0.105. The molecule has 0 spiro atoms. The van der Waals surface area contributed by atoms with Crippen LogP contribution in [-0.4, -0.2) is 16.2 Å². The van der Waals surface area contributed by atoms with Crippen LogP contribution < -0.4 is 5.73 Å². The van der Waals surface area contributed by atoms with Gasteiger partial charge in [-0.2, -0.15) is 0 Å². The van der Waals surface area contributed by atoms with Gasteiger partial charge in [0, 0.05) is 0 Å². The van der Waals surface area contributed by atoms with Crippen LogP contribution >= 0.6 is 0 Å². The van der Waals surface area contributed by atoms with Crippen molar-refractivity contribution in [3.63, 3.8) is 0 Å². The zero-order chi connectivity index (χ0) is 12.4.